The lowest BCUT2D eigenvalue weighted by Crippen LogP contribution is -2.43. The summed E-state index contributed by atoms with van der Waals surface area (Å²) in [5.74, 6) is 0.843. The molecule has 0 unspecified atom stereocenters. The fraction of sp³-hybridized carbons (Fsp3) is 0.459. The average Bonchev–Trinajstić information content (AvgIpc) is 3.53. The summed E-state index contributed by atoms with van der Waals surface area (Å²) in [6.45, 7) is 5.62. The number of aliphatic hydroxyl groups is 2. The van der Waals surface area contributed by atoms with E-state index in [0.717, 1.165) is 93.0 Å². The molecule has 7 rings (SSSR count). The van der Waals surface area contributed by atoms with Gasteiger partial charge in [-0.3, -0.25) is 14.5 Å². The van der Waals surface area contributed by atoms with Crippen molar-refractivity contribution in [2.45, 2.75) is 82.0 Å². The number of unbranched alkanes of at least 4 members (excludes halogenated alkanes) is 2. The summed E-state index contributed by atoms with van der Waals surface area (Å²) in [7, 11) is 1.68. The molecule has 5 aliphatic rings. The van der Waals surface area contributed by atoms with Gasteiger partial charge in [0.15, 0.2) is 17.3 Å². The van der Waals surface area contributed by atoms with Gasteiger partial charge in [0.25, 0.3) is 0 Å². The van der Waals surface area contributed by atoms with E-state index in [0.29, 0.717) is 31.6 Å². The predicted molar refractivity (Wildman–Crippen MR) is 179 cm³/mol. The van der Waals surface area contributed by atoms with Gasteiger partial charge >= 0.3 is 5.97 Å². The molecule has 3 N–H and O–H groups in total. The number of carboxylic acid groups (broad SMARTS) is 1. The molecule has 2 aromatic rings. The number of benzene rings is 2. The van der Waals surface area contributed by atoms with Crippen LogP contribution in [0.5, 0.6) is 11.5 Å². The van der Waals surface area contributed by atoms with Crippen LogP contribution < -0.4 is 14.4 Å². The highest BCUT2D eigenvalue weighted by Crippen LogP contribution is 2.55. The zero-order valence-corrected chi connectivity index (χ0v) is 27.4. The normalized spacial score (nSPS) is 23.0. The Balaban J connectivity index is 0.000000511. The third-order valence-corrected chi connectivity index (χ3v) is 9.96. The van der Waals surface area contributed by atoms with Gasteiger partial charge in [0, 0.05) is 37.1 Å². The molecule has 0 saturated carbocycles. The largest absolute Gasteiger partial charge is 0.515 e. The van der Waals surface area contributed by atoms with Crippen molar-refractivity contribution < 1.29 is 44.0 Å². The van der Waals surface area contributed by atoms with Gasteiger partial charge in [-0.25, -0.2) is 4.79 Å². The number of hydrogen-bond acceptors (Lipinski definition) is 9. The Morgan fingerprint density at radius 2 is 1.92 bits per heavy atom. The summed E-state index contributed by atoms with van der Waals surface area (Å²) >= 11 is 0. The number of ether oxygens (including phenoxy) is 2. The third-order valence-electron chi connectivity index (χ3n) is 9.96. The number of carbonyl (C=O) groups excluding carboxylic acids is 3. The molecule has 11 heteroatoms. The Labute approximate surface area is 280 Å². The van der Waals surface area contributed by atoms with Gasteiger partial charge in [0.2, 0.25) is 5.91 Å². The minimum absolute atomic E-state index is 0.0709. The van der Waals surface area contributed by atoms with E-state index in [1.807, 2.05) is 36.0 Å². The number of amides is 1. The summed E-state index contributed by atoms with van der Waals surface area (Å²) in [6, 6.07) is 8.20. The van der Waals surface area contributed by atoms with Gasteiger partial charge in [-0.15, -0.1) is 0 Å². The summed E-state index contributed by atoms with van der Waals surface area (Å²) in [5.41, 5.74) is 6.38. The van der Waals surface area contributed by atoms with Gasteiger partial charge in [-0.05, 0) is 80.1 Å². The van der Waals surface area contributed by atoms with Gasteiger partial charge in [0.05, 0.1) is 43.1 Å². The Bertz CT molecular complexity index is 1600. The minimum Gasteiger partial charge on any atom is -0.515 e. The lowest BCUT2D eigenvalue weighted by atomic mass is 9.69. The molecule has 1 amide bonds. The van der Waals surface area contributed by atoms with Crippen LogP contribution in [0.15, 0.2) is 48.8 Å². The molecule has 4 aliphatic heterocycles. The van der Waals surface area contributed by atoms with E-state index in [1.54, 1.807) is 7.11 Å². The van der Waals surface area contributed by atoms with Crippen LogP contribution in [0, 0.1) is 0 Å². The van der Waals surface area contributed by atoms with E-state index in [4.69, 9.17) is 24.5 Å². The van der Waals surface area contributed by atoms with Crippen molar-refractivity contribution in [3.05, 3.63) is 76.6 Å². The highest BCUT2D eigenvalue weighted by molar-refractivity contribution is 6.05. The van der Waals surface area contributed by atoms with Crippen molar-refractivity contribution in [3.63, 3.8) is 0 Å². The first-order valence-corrected chi connectivity index (χ1v) is 16.5. The van der Waals surface area contributed by atoms with Gasteiger partial charge < -0.3 is 34.5 Å². The number of carbonyl (C=O) groups is 4. The van der Waals surface area contributed by atoms with Crippen LogP contribution in [-0.2, 0) is 39.2 Å². The van der Waals surface area contributed by atoms with Crippen molar-refractivity contribution in [1.82, 2.24) is 4.90 Å². The molecule has 0 aromatic heterocycles. The molecule has 0 saturated heterocycles. The molecule has 4 heterocycles. The number of aliphatic hydroxyl groups excluding tert-OH is 2. The number of ketones is 1. The van der Waals surface area contributed by atoms with Crippen LogP contribution in [0.25, 0.3) is 0 Å². The molecule has 0 radical (unpaired) electrons. The van der Waals surface area contributed by atoms with Crippen molar-refractivity contribution >= 4 is 30.1 Å². The number of carboxylic acids is 1. The van der Waals surface area contributed by atoms with Crippen molar-refractivity contribution in [3.8, 4) is 11.5 Å². The van der Waals surface area contributed by atoms with E-state index < -0.39 is 12.1 Å². The fourth-order valence-electron chi connectivity index (χ4n) is 7.83. The van der Waals surface area contributed by atoms with E-state index in [9.17, 15) is 19.5 Å². The number of aliphatic carboxylic acids is 1. The van der Waals surface area contributed by atoms with Gasteiger partial charge in [0.1, 0.15) is 12.9 Å². The van der Waals surface area contributed by atoms with E-state index in [2.05, 4.69) is 17.0 Å². The van der Waals surface area contributed by atoms with Crippen molar-refractivity contribution in [1.29, 1.82) is 0 Å². The molecule has 11 nitrogen and oxygen atoms in total. The zero-order chi connectivity index (χ0) is 34.4. The predicted octanol–water partition coefficient (Wildman–Crippen LogP) is 4.46. The first-order valence-electron chi connectivity index (χ1n) is 16.5. The lowest BCUT2D eigenvalue weighted by Gasteiger charge is -2.35. The lowest BCUT2D eigenvalue weighted by molar-refractivity contribution is -0.131. The monoisotopic (exact) mass is 660 g/mol. The Hall–Kier alpha value is -4.48. The number of hydrogen-bond donors (Lipinski definition) is 3. The molecule has 0 bridgehead atoms. The zero-order valence-electron chi connectivity index (χ0n) is 27.4. The van der Waals surface area contributed by atoms with Crippen LogP contribution in [0.1, 0.15) is 77.6 Å². The average molecular weight is 661 g/mol. The number of rotatable bonds is 9. The summed E-state index contributed by atoms with van der Waals surface area (Å²) < 4.78 is 12.1. The van der Waals surface area contributed by atoms with Crippen molar-refractivity contribution in [2.75, 3.05) is 31.6 Å². The molecule has 2 aromatic carbocycles. The van der Waals surface area contributed by atoms with Crippen molar-refractivity contribution in [2.24, 2.45) is 0 Å². The summed E-state index contributed by atoms with van der Waals surface area (Å²) in [4.78, 5) is 47.2. The van der Waals surface area contributed by atoms with Gasteiger partial charge in [-0.1, -0.05) is 24.6 Å². The van der Waals surface area contributed by atoms with E-state index in [1.165, 1.54) is 16.7 Å². The van der Waals surface area contributed by atoms with Crippen LogP contribution in [0.2, 0.25) is 0 Å². The van der Waals surface area contributed by atoms with Crippen LogP contribution in [0.4, 0.5) is 5.69 Å². The highest BCUT2D eigenvalue weighted by Gasteiger charge is 2.52. The Kier molecular flexibility index (Phi) is 11.0. The second-order valence-corrected chi connectivity index (χ2v) is 12.8. The maximum absolute atomic E-state index is 13.1. The Morgan fingerprint density at radius 3 is 2.65 bits per heavy atom. The first-order chi connectivity index (χ1) is 23.2. The quantitative estimate of drug-likeness (QED) is 0.116. The molecule has 3 atom stereocenters. The molecule has 0 fully saturated rings. The molecule has 48 heavy (non-hydrogen) atoms. The third kappa shape index (κ3) is 6.88. The summed E-state index contributed by atoms with van der Waals surface area (Å²) in [6.07, 6.45) is 12.1. The standard InChI is InChI=1S/C33H38N2O5.C3H4O3.CH2O/c1-39-27-9-8-22-20-34(15-12-33-11-10-25(36)19-28(33)40-32(27)30(22)33)13-4-2-3-7-26(37)23-16-21-6-5-14-35-29(38)18-24(17-23)31(21)35;4-2-1-3(5)6;1-2/h8-11,16-17,25,28,36H,2-7,12-15,18-20H2,1H3;1-2,4H,(H,5,6);1H2/b;2-1+;/t25-,28-,33-;;/m0../s1. The highest BCUT2D eigenvalue weighted by atomic mass is 16.5. The smallest absolute Gasteiger partial charge is 0.331 e. The Morgan fingerprint density at radius 1 is 1.12 bits per heavy atom. The van der Waals surface area contributed by atoms with Gasteiger partial charge in [-0.2, -0.15) is 0 Å². The molecular formula is C37H44N2O9. The van der Waals surface area contributed by atoms with E-state index >= 15 is 0 Å². The number of Topliss-reactive ketones (excluding diaryl/α,β-unsaturated/α-hetero) is 1. The van der Waals surface area contributed by atoms with Crippen LogP contribution >= 0.6 is 0 Å². The maximum atomic E-state index is 13.1. The minimum atomic E-state index is -1.14. The fourth-order valence-corrected chi connectivity index (χ4v) is 7.83. The maximum Gasteiger partial charge on any atom is 0.331 e. The number of aryl methyl sites for hydroxylation is 1. The molecule has 1 spiro atoms. The first kappa shape index (κ1) is 34.8. The number of anilines is 1. The number of nitrogens with zero attached hydrogens (tertiary/aromatic N) is 2. The second kappa shape index (κ2) is 15.2. The molecule has 1 aliphatic carbocycles. The topological polar surface area (TPSA) is 154 Å². The number of methoxy groups -OCH3 is 1. The molecular weight excluding hydrogens is 616 g/mol. The second-order valence-electron chi connectivity index (χ2n) is 12.8. The van der Waals surface area contributed by atoms with Crippen LogP contribution in [0.3, 0.4) is 0 Å². The molecule has 256 valence electrons. The van der Waals surface area contributed by atoms with E-state index in [-0.39, 0.29) is 23.2 Å². The summed E-state index contributed by atoms with van der Waals surface area (Å²) in [5, 5.41) is 25.6. The SMILES string of the molecule is C=O.COc1ccc2c3c1O[C@H]1C[C@@H](O)C=C[C@@]31CCN(CCCCCC(=O)c1cc3c4c(c1)CC(=O)N4CCC3)C2.O=C(O)/C=C/O. The van der Waals surface area contributed by atoms with Crippen LogP contribution in [-0.4, -0.2) is 83.6 Å².